The molecule has 1 aliphatic rings. The third-order valence-corrected chi connectivity index (χ3v) is 4.84. The second kappa shape index (κ2) is 8.17. The summed E-state index contributed by atoms with van der Waals surface area (Å²) in [5.41, 5.74) is 4.47. The summed E-state index contributed by atoms with van der Waals surface area (Å²) in [6.07, 6.45) is 1.27. The summed E-state index contributed by atoms with van der Waals surface area (Å²) in [6, 6.07) is 16.5. The lowest BCUT2D eigenvalue weighted by Gasteiger charge is -2.34. The fraction of sp³-hybridized carbons (Fsp3) is 0.381. The minimum Gasteiger partial charge on any atom is -0.369 e. The van der Waals surface area contributed by atoms with Crippen molar-refractivity contribution in [3.63, 3.8) is 0 Å². The second-order valence-corrected chi connectivity index (χ2v) is 6.82. The first kappa shape index (κ1) is 17.5. The van der Waals surface area contributed by atoms with Gasteiger partial charge in [0.25, 0.3) is 0 Å². The normalized spacial score (nSPS) is 15.2. The van der Waals surface area contributed by atoms with E-state index in [1.54, 1.807) is 0 Å². The SMILES string of the molecule is Cc1cc(N2CCN(C)CC2)ccc1NC(=O)CCc1ccccc1. The van der Waals surface area contributed by atoms with Crippen molar-refractivity contribution in [1.82, 2.24) is 4.90 Å². The van der Waals surface area contributed by atoms with E-state index >= 15 is 0 Å². The van der Waals surface area contributed by atoms with Gasteiger partial charge >= 0.3 is 0 Å². The van der Waals surface area contributed by atoms with E-state index in [2.05, 4.69) is 53.4 Å². The zero-order valence-electron chi connectivity index (χ0n) is 15.2. The van der Waals surface area contributed by atoms with E-state index in [1.807, 2.05) is 24.3 Å². The van der Waals surface area contributed by atoms with Gasteiger partial charge in [-0.25, -0.2) is 0 Å². The Labute approximate surface area is 150 Å². The standard InChI is InChI=1S/C21H27N3O/c1-17-16-19(24-14-12-23(2)13-15-24)9-10-20(17)22-21(25)11-8-18-6-4-3-5-7-18/h3-7,9-10,16H,8,11-15H2,1-2H3,(H,22,25). The largest absolute Gasteiger partial charge is 0.369 e. The van der Waals surface area contributed by atoms with E-state index in [1.165, 1.54) is 11.3 Å². The van der Waals surface area contributed by atoms with Crippen LogP contribution in [0.5, 0.6) is 0 Å². The number of hydrogen-bond donors (Lipinski definition) is 1. The van der Waals surface area contributed by atoms with Crippen LogP contribution in [0.25, 0.3) is 0 Å². The third kappa shape index (κ3) is 4.83. The minimum atomic E-state index is 0.0688. The molecule has 25 heavy (non-hydrogen) atoms. The number of nitrogens with one attached hydrogen (secondary N) is 1. The molecule has 2 aromatic carbocycles. The molecule has 0 aromatic heterocycles. The number of anilines is 2. The quantitative estimate of drug-likeness (QED) is 0.909. The molecule has 0 bridgehead atoms. The lowest BCUT2D eigenvalue weighted by Crippen LogP contribution is -2.44. The fourth-order valence-corrected chi connectivity index (χ4v) is 3.16. The summed E-state index contributed by atoms with van der Waals surface area (Å²) in [7, 11) is 2.16. The average molecular weight is 337 g/mol. The van der Waals surface area contributed by atoms with Gasteiger partial charge in [0.2, 0.25) is 5.91 Å². The van der Waals surface area contributed by atoms with Crippen molar-refractivity contribution in [2.24, 2.45) is 0 Å². The maximum absolute atomic E-state index is 12.2. The van der Waals surface area contributed by atoms with Gasteiger partial charge < -0.3 is 15.1 Å². The minimum absolute atomic E-state index is 0.0688. The van der Waals surface area contributed by atoms with Crippen LogP contribution in [0.3, 0.4) is 0 Å². The first-order valence-corrected chi connectivity index (χ1v) is 9.00. The van der Waals surface area contributed by atoms with Crippen LogP contribution in [0.4, 0.5) is 11.4 Å². The molecule has 1 N–H and O–H groups in total. The van der Waals surface area contributed by atoms with Gasteiger partial charge in [0.15, 0.2) is 0 Å². The average Bonchev–Trinajstić information content (AvgIpc) is 2.63. The van der Waals surface area contributed by atoms with Crippen molar-refractivity contribution in [2.75, 3.05) is 43.4 Å². The van der Waals surface area contributed by atoms with Crippen molar-refractivity contribution in [3.05, 3.63) is 59.7 Å². The second-order valence-electron chi connectivity index (χ2n) is 6.82. The Balaban J connectivity index is 1.56. The molecule has 0 radical (unpaired) electrons. The summed E-state index contributed by atoms with van der Waals surface area (Å²) < 4.78 is 0. The highest BCUT2D eigenvalue weighted by Crippen LogP contribution is 2.24. The molecule has 4 nitrogen and oxygen atoms in total. The van der Waals surface area contributed by atoms with E-state index in [9.17, 15) is 4.79 Å². The molecule has 3 rings (SSSR count). The molecule has 0 aliphatic carbocycles. The van der Waals surface area contributed by atoms with Gasteiger partial charge in [0, 0.05) is 44.0 Å². The molecule has 1 saturated heterocycles. The van der Waals surface area contributed by atoms with Gasteiger partial charge in [0.1, 0.15) is 0 Å². The third-order valence-electron chi connectivity index (χ3n) is 4.84. The maximum Gasteiger partial charge on any atom is 0.224 e. The molecule has 0 saturated carbocycles. The molecule has 0 unspecified atom stereocenters. The molecule has 1 fully saturated rings. The molecule has 1 heterocycles. The highest BCUT2D eigenvalue weighted by Gasteiger charge is 2.15. The number of nitrogens with zero attached hydrogens (tertiary/aromatic N) is 2. The van der Waals surface area contributed by atoms with Crippen molar-refractivity contribution in [1.29, 1.82) is 0 Å². The maximum atomic E-state index is 12.2. The summed E-state index contributed by atoms with van der Waals surface area (Å²) in [6.45, 7) is 6.36. The number of aryl methyl sites for hydroxylation is 2. The fourth-order valence-electron chi connectivity index (χ4n) is 3.16. The number of carbonyl (C=O) groups is 1. The molecular formula is C21H27N3O. The van der Waals surface area contributed by atoms with Crippen molar-refractivity contribution in [2.45, 2.75) is 19.8 Å². The Hall–Kier alpha value is -2.33. The summed E-state index contributed by atoms with van der Waals surface area (Å²) in [5.74, 6) is 0.0688. The van der Waals surface area contributed by atoms with E-state index in [4.69, 9.17) is 0 Å². The Morgan fingerprint density at radius 3 is 2.44 bits per heavy atom. The van der Waals surface area contributed by atoms with Gasteiger partial charge in [-0.1, -0.05) is 30.3 Å². The van der Waals surface area contributed by atoms with E-state index in [-0.39, 0.29) is 5.91 Å². The van der Waals surface area contributed by atoms with Crippen LogP contribution in [0.15, 0.2) is 48.5 Å². The topological polar surface area (TPSA) is 35.6 Å². The Morgan fingerprint density at radius 2 is 1.76 bits per heavy atom. The lowest BCUT2D eigenvalue weighted by molar-refractivity contribution is -0.116. The Morgan fingerprint density at radius 1 is 1.04 bits per heavy atom. The number of piperazine rings is 1. The van der Waals surface area contributed by atoms with Crippen LogP contribution in [0.2, 0.25) is 0 Å². The van der Waals surface area contributed by atoms with Crippen LogP contribution >= 0.6 is 0 Å². The zero-order valence-corrected chi connectivity index (χ0v) is 15.2. The van der Waals surface area contributed by atoms with Crippen molar-refractivity contribution < 1.29 is 4.79 Å². The van der Waals surface area contributed by atoms with E-state index in [0.717, 1.165) is 43.9 Å². The van der Waals surface area contributed by atoms with Crippen molar-refractivity contribution >= 4 is 17.3 Å². The first-order chi connectivity index (χ1) is 12.1. The first-order valence-electron chi connectivity index (χ1n) is 9.00. The van der Waals surface area contributed by atoms with E-state index < -0.39 is 0 Å². The van der Waals surface area contributed by atoms with E-state index in [0.29, 0.717) is 6.42 Å². The van der Waals surface area contributed by atoms with Crippen LogP contribution < -0.4 is 10.2 Å². The molecule has 2 aromatic rings. The zero-order chi connectivity index (χ0) is 17.6. The van der Waals surface area contributed by atoms with Gasteiger partial charge in [-0.05, 0) is 49.7 Å². The highest BCUT2D eigenvalue weighted by molar-refractivity contribution is 5.91. The van der Waals surface area contributed by atoms with Gasteiger partial charge in [0.05, 0.1) is 0 Å². The Kier molecular flexibility index (Phi) is 5.71. The molecular weight excluding hydrogens is 310 g/mol. The van der Waals surface area contributed by atoms with Gasteiger partial charge in [-0.2, -0.15) is 0 Å². The molecule has 1 aliphatic heterocycles. The predicted octanol–water partition coefficient (Wildman–Crippen LogP) is 3.32. The van der Waals surface area contributed by atoms with Crippen LogP contribution in [-0.2, 0) is 11.2 Å². The monoisotopic (exact) mass is 337 g/mol. The number of hydrogen-bond acceptors (Lipinski definition) is 3. The van der Waals surface area contributed by atoms with Crippen molar-refractivity contribution in [3.8, 4) is 0 Å². The predicted molar refractivity (Wildman–Crippen MR) is 104 cm³/mol. The smallest absolute Gasteiger partial charge is 0.224 e. The number of carbonyl (C=O) groups excluding carboxylic acids is 1. The summed E-state index contributed by atoms with van der Waals surface area (Å²) in [4.78, 5) is 17.0. The highest BCUT2D eigenvalue weighted by atomic mass is 16.1. The number of benzene rings is 2. The number of likely N-dealkylation sites (N-methyl/N-ethyl adjacent to an activating group) is 1. The molecule has 1 amide bonds. The number of rotatable bonds is 5. The van der Waals surface area contributed by atoms with Gasteiger partial charge in [-0.3, -0.25) is 4.79 Å². The van der Waals surface area contributed by atoms with Gasteiger partial charge in [-0.15, -0.1) is 0 Å². The molecule has 0 atom stereocenters. The molecule has 4 heteroatoms. The van der Waals surface area contributed by atoms with Crippen LogP contribution in [0.1, 0.15) is 17.5 Å². The van der Waals surface area contributed by atoms with Crippen LogP contribution in [0, 0.1) is 6.92 Å². The lowest BCUT2D eigenvalue weighted by atomic mass is 10.1. The summed E-state index contributed by atoms with van der Waals surface area (Å²) in [5, 5.41) is 3.05. The molecule has 132 valence electrons. The number of amides is 1. The van der Waals surface area contributed by atoms with Crippen LogP contribution in [-0.4, -0.2) is 44.0 Å². The Bertz CT molecular complexity index is 706. The summed E-state index contributed by atoms with van der Waals surface area (Å²) >= 11 is 0. The molecule has 0 spiro atoms.